The summed E-state index contributed by atoms with van der Waals surface area (Å²) in [7, 11) is 3.92. The molecule has 1 aliphatic rings. The number of carbonyl (C=O) groups excluding carboxylic acids is 3. The van der Waals surface area contributed by atoms with Crippen LogP contribution in [0.15, 0.2) is 66.7 Å². The lowest BCUT2D eigenvalue weighted by molar-refractivity contribution is -0.110. The Balaban J connectivity index is 1.39. The lowest BCUT2D eigenvalue weighted by Gasteiger charge is -2.15. The number of hydrogen-bond acceptors (Lipinski definition) is 5. The monoisotopic (exact) mass is 576 g/mol. The van der Waals surface area contributed by atoms with E-state index in [2.05, 4.69) is 26.3 Å². The standard InChI is InChI=1S/C34H36N6O3/c1-20-14-15-24(37-32(41)23-10-7-6-8-11-23)18-28(20)38-27-13-9-12-25-26(33(42)39-31(25)27)19-29-21(2)30(22(3)36-29)34(43)35-16-17-40(4)5/h6-15,18-19,36,38H,16-17H2,1-5H3,(H,35,43)(H,37,41)(H,39,42). The van der Waals surface area contributed by atoms with E-state index in [4.69, 9.17) is 0 Å². The summed E-state index contributed by atoms with van der Waals surface area (Å²) in [5.41, 5.74) is 8.48. The zero-order chi connectivity index (χ0) is 30.7. The first-order valence-electron chi connectivity index (χ1n) is 14.1. The quantitative estimate of drug-likeness (QED) is 0.163. The Hall–Kier alpha value is -5.15. The van der Waals surface area contributed by atoms with Crippen molar-refractivity contribution in [3.8, 4) is 0 Å². The average molecular weight is 577 g/mol. The van der Waals surface area contributed by atoms with Gasteiger partial charge in [-0.3, -0.25) is 14.4 Å². The van der Waals surface area contributed by atoms with Crippen molar-refractivity contribution in [1.29, 1.82) is 0 Å². The van der Waals surface area contributed by atoms with Gasteiger partial charge in [-0.15, -0.1) is 0 Å². The van der Waals surface area contributed by atoms with E-state index in [0.717, 1.165) is 40.3 Å². The predicted molar refractivity (Wildman–Crippen MR) is 173 cm³/mol. The first-order chi connectivity index (χ1) is 20.6. The van der Waals surface area contributed by atoms with Crippen LogP contribution in [0.4, 0.5) is 22.7 Å². The van der Waals surface area contributed by atoms with Crippen molar-refractivity contribution in [3.63, 3.8) is 0 Å². The van der Waals surface area contributed by atoms with Gasteiger partial charge in [-0.25, -0.2) is 0 Å². The molecular weight excluding hydrogens is 540 g/mol. The number of nitrogens with one attached hydrogen (secondary N) is 5. The van der Waals surface area contributed by atoms with E-state index in [0.29, 0.717) is 40.3 Å². The number of para-hydroxylation sites is 1. The Morgan fingerprint density at radius 1 is 0.907 bits per heavy atom. The van der Waals surface area contributed by atoms with Crippen LogP contribution in [0.2, 0.25) is 0 Å². The van der Waals surface area contributed by atoms with E-state index in [1.807, 2.05) is 94.4 Å². The normalized spacial score (nSPS) is 13.2. The number of aromatic nitrogens is 1. The fourth-order valence-corrected chi connectivity index (χ4v) is 5.12. The molecule has 0 radical (unpaired) electrons. The number of fused-ring (bicyclic) bond motifs is 1. The van der Waals surface area contributed by atoms with Crippen molar-refractivity contribution < 1.29 is 14.4 Å². The summed E-state index contributed by atoms with van der Waals surface area (Å²) in [5.74, 6) is -0.561. The molecule has 5 N–H and O–H groups in total. The molecule has 0 aliphatic carbocycles. The third kappa shape index (κ3) is 6.37. The van der Waals surface area contributed by atoms with Gasteiger partial charge in [0.05, 0.1) is 22.5 Å². The number of aromatic amines is 1. The van der Waals surface area contributed by atoms with Gasteiger partial charge in [-0.2, -0.15) is 0 Å². The maximum atomic E-state index is 13.2. The van der Waals surface area contributed by atoms with Crippen LogP contribution in [0.3, 0.4) is 0 Å². The average Bonchev–Trinajstić information content (AvgIpc) is 3.45. The van der Waals surface area contributed by atoms with Crippen LogP contribution in [-0.2, 0) is 4.79 Å². The number of H-pyrrole nitrogens is 1. The zero-order valence-electron chi connectivity index (χ0n) is 25.0. The van der Waals surface area contributed by atoms with E-state index in [-0.39, 0.29) is 17.7 Å². The van der Waals surface area contributed by atoms with Gasteiger partial charge in [0.1, 0.15) is 0 Å². The maximum Gasteiger partial charge on any atom is 0.256 e. The number of hydrogen-bond donors (Lipinski definition) is 5. The van der Waals surface area contributed by atoms with E-state index >= 15 is 0 Å². The summed E-state index contributed by atoms with van der Waals surface area (Å²) >= 11 is 0. The molecule has 1 aromatic heterocycles. The number of anilines is 4. The molecule has 3 aromatic carbocycles. The summed E-state index contributed by atoms with van der Waals surface area (Å²) in [6, 6.07) is 20.4. The first-order valence-corrected chi connectivity index (χ1v) is 14.1. The molecule has 4 aromatic rings. The van der Waals surface area contributed by atoms with Crippen molar-refractivity contribution in [2.75, 3.05) is 43.1 Å². The van der Waals surface area contributed by atoms with Crippen LogP contribution in [-0.4, -0.2) is 54.8 Å². The largest absolute Gasteiger partial charge is 0.358 e. The molecule has 43 heavy (non-hydrogen) atoms. The molecule has 0 fully saturated rings. The second kappa shape index (κ2) is 12.4. The summed E-state index contributed by atoms with van der Waals surface area (Å²) in [6.07, 6.45) is 1.80. The maximum absolute atomic E-state index is 13.2. The number of rotatable bonds is 9. The summed E-state index contributed by atoms with van der Waals surface area (Å²) in [4.78, 5) is 44.1. The highest BCUT2D eigenvalue weighted by Gasteiger charge is 2.28. The lowest BCUT2D eigenvalue weighted by atomic mass is 10.0. The van der Waals surface area contributed by atoms with E-state index < -0.39 is 0 Å². The van der Waals surface area contributed by atoms with Gasteiger partial charge in [0.15, 0.2) is 0 Å². The van der Waals surface area contributed by atoms with Crippen LogP contribution in [0.25, 0.3) is 11.6 Å². The molecule has 9 heteroatoms. The molecule has 1 aliphatic heterocycles. The molecule has 0 spiro atoms. The molecule has 0 unspecified atom stereocenters. The highest BCUT2D eigenvalue weighted by molar-refractivity contribution is 6.36. The molecule has 9 nitrogen and oxygen atoms in total. The van der Waals surface area contributed by atoms with Crippen molar-refractivity contribution in [1.82, 2.24) is 15.2 Å². The Kier molecular flexibility index (Phi) is 8.45. The van der Waals surface area contributed by atoms with Crippen LogP contribution in [0.1, 0.15) is 48.8 Å². The van der Waals surface area contributed by atoms with Crippen LogP contribution >= 0.6 is 0 Å². The molecule has 5 rings (SSSR count). The Labute approximate surface area is 251 Å². The van der Waals surface area contributed by atoms with Gasteiger partial charge in [0, 0.05) is 47.0 Å². The van der Waals surface area contributed by atoms with Crippen molar-refractivity contribution >= 4 is 52.1 Å². The number of aryl methyl sites for hydroxylation is 2. The molecule has 2 heterocycles. The third-order valence-corrected chi connectivity index (χ3v) is 7.48. The molecular formula is C34H36N6O3. The molecule has 0 saturated heterocycles. The second-order valence-corrected chi connectivity index (χ2v) is 10.9. The minimum atomic E-state index is -0.228. The smallest absolute Gasteiger partial charge is 0.256 e. The minimum Gasteiger partial charge on any atom is -0.358 e. The lowest BCUT2D eigenvalue weighted by Crippen LogP contribution is -2.31. The van der Waals surface area contributed by atoms with Crippen molar-refractivity contribution in [2.24, 2.45) is 0 Å². The molecule has 0 atom stereocenters. The highest BCUT2D eigenvalue weighted by Crippen LogP contribution is 2.40. The Morgan fingerprint density at radius 3 is 2.42 bits per heavy atom. The van der Waals surface area contributed by atoms with Gasteiger partial charge in [-0.05, 0) is 82.4 Å². The van der Waals surface area contributed by atoms with Crippen molar-refractivity contribution in [3.05, 3.63) is 106 Å². The predicted octanol–water partition coefficient (Wildman–Crippen LogP) is 5.72. The SMILES string of the molecule is Cc1ccc(NC(=O)c2ccccc2)cc1Nc1cccc2c1NC(=O)C2=Cc1[nH]c(C)c(C(=O)NCCN(C)C)c1C. The number of likely N-dealkylation sites (N-methyl/N-ethyl adjacent to an activating group) is 1. The van der Waals surface area contributed by atoms with E-state index in [9.17, 15) is 14.4 Å². The fraction of sp³-hybridized carbons (Fsp3) is 0.206. The Bertz CT molecular complexity index is 1740. The number of amides is 3. The van der Waals surface area contributed by atoms with Crippen molar-refractivity contribution in [2.45, 2.75) is 20.8 Å². The number of nitrogens with zero attached hydrogens (tertiary/aromatic N) is 1. The van der Waals surface area contributed by atoms with Gasteiger partial charge >= 0.3 is 0 Å². The fourth-order valence-electron chi connectivity index (χ4n) is 5.12. The zero-order valence-corrected chi connectivity index (χ0v) is 25.0. The summed E-state index contributed by atoms with van der Waals surface area (Å²) in [5, 5.41) is 12.4. The highest BCUT2D eigenvalue weighted by atomic mass is 16.2. The number of carbonyl (C=O) groups is 3. The third-order valence-electron chi connectivity index (χ3n) is 7.48. The van der Waals surface area contributed by atoms with E-state index in [1.165, 1.54) is 0 Å². The van der Waals surface area contributed by atoms with Gasteiger partial charge in [0.25, 0.3) is 17.7 Å². The minimum absolute atomic E-state index is 0.141. The molecule has 220 valence electrons. The first kappa shape index (κ1) is 29.3. The number of benzene rings is 3. The van der Waals surface area contributed by atoms with E-state index in [1.54, 1.807) is 18.2 Å². The van der Waals surface area contributed by atoms with Crippen LogP contribution < -0.4 is 21.3 Å². The van der Waals surface area contributed by atoms with Gasteiger partial charge in [-0.1, -0.05) is 36.4 Å². The Morgan fingerprint density at radius 2 is 1.67 bits per heavy atom. The van der Waals surface area contributed by atoms with Gasteiger partial charge < -0.3 is 31.2 Å². The second-order valence-electron chi connectivity index (χ2n) is 10.9. The van der Waals surface area contributed by atoms with Gasteiger partial charge in [0.2, 0.25) is 0 Å². The summed E-state index contributed by atoms with van der Waals surface area (Å²) in [6.45, 7) is 7.00. The molecule has 3 amide bonds. The van der Waals surface area contributed by atoms with Crippen LogP contribution in [0, 0.1) is 20.8 Å². The topological polar surface area (TPSA) is 118 Å². The molecule has 0 bridgehead atoms. The summed E-state index contributed by atoms with van der Waals surface area (Å²) < 4.78 is 0. The molecule has 0 saturated carbocycles. The van der Waals surface area contributed by atoms with Crippen LogP contribution in [0.5, 0.6) is 0 Å².